The van der Waals surface area contributed by atoms with Crippen molar-refractivity contribution in [3.8, 4) is 0 Å². The van der Waals surface area contributed by atoms with Gasteiger partial charge in [0, 0.05) is 14.2 Å². The minimum atomic E-state index is -0.439. The molecule has 0 aliphatic carbocycles. The van der Waals surface area contributed by atoms with Crippen molar-refractivity contribution >= 4 is 7.28 Å². The molecule has 0 saturated carbocycles. The number of ether oxygens (including phenoxy) is 4. The lowest BCUT2D eigenvalue weighted by atomic mass is 9.72. The predicted molar refractivity (Wildman–Crippen MR) is 56.2 cm³/mol. The lowest BCUT2D eigenvalue weighted by Crippen LogP contribution is -2.51. The molecular formula is C10H18BO4. The normalized spacial score (nSPS) is 48.5. The molecule has 0 aromatic rings. The van der Waals surface area contributed by atoms with Crippen LogP contribution >= 0.6 is 0 Å². The molecule has 2 rings (SSSR count). The summed E-state index contributed by atoms with van der Waals surface area (Å²) in [5, 5.41) is 0. The molecule has 4 nitrogen and oxygen atoms in total. The van der Waals surface area contributed by atoms with E-state index in [0.717, 1.165) is 0 Å². The van der Waals surface area contributed by atoms with Gasteiger partial charge in [0.2, 0.25) is 0 Å². The third kappa shape index (κ3) is 1.45. The van der Waals surface area contributed by atoms with Crippen LogP contribution in [0, 0.1) is 0 Å². The zero-order valence-corrected chi connectivity index (χ0v) is 9.73. The van der Waals surface area contributed by atoms with Crippen molar-refractivity contribution < 1.29 is 18.9 Å². The summed E-state index contributed by atoms with van der Waals surface area (Å²) in [5.41, 5.74) is -0.439. The molecule has 2 aliphatic heterocycles. The van der Waals surface area contributed by atoms with Crippen molar-refractivity contribution in [1.29, 1.82) is 0 Å². The average molecular weight is 213 g/mol. The molecule has 5 heteroatoms. The number of rotatable bonds is 4. The largest absolute Gasteiger partial charge is 0.381 e. The Morgan fingerprint density at radius 3 is 2.67 bits per heavy atom. The maximum absolute atomic E-state index is 6.02. The first kappa shape index (κ1) is 11.4. The molecule has 2 fully saturated rings. The minimum Gasteiger partial charge on any atom is -0.381 e. The highest BCUT2D eigenvalue weighted by Gasteiger charge is 2.64. The van der Waals surface area contributed by atoms with Crippen LogP contribution in [0.15, 0.2) is 0 Å². The van der Waals surface area contributed by atoms with Crippen LogP contribution in [-0.2, 0) is 18.9 Å². The first-order valence-corrected chi connectivity index (χ1v) is 5.34. The Hall–Kier alpha value is -0.0951. The van der Waals surface area contributed by atoms with Crippen LogP contribution in [-0.4, -0.2) is 58.0 Å². The molecule has 0 spiro atoms. The molecule has 85 valence electrons. The van der Waals surface area contributed by atoms with E-state index in [1.165, 1.54) is 0 Å². The molecule has 2 saturated heterocycles. The second-order valence-corrected chi connectivity index (χ2v) is 4.20. The molecule has 0 aromatic carbocycles. The summed E-state index contributed by atoms with van der Waals surface area (Å²) < 4.78 is 22.6. The van der Waals surface area contributed by atoms with Gasteiger partial charge in [0.25, 0.3) is 0 Å². The summed E-state index contributed by atoms with van der Waals surface area (Å²) in [6, 6.07) is 0.0151. The molecule has 0 amide bonds. The maximum Gasteiger partial charge on any atom is 0.149 e. The van der Waals surface area contributed by atoms with Gasteiger partial charge in [-0.05, 0) is 6.92 Å². The summed E-state index contributed by atoms with van der Waals surface area (Å²) in [5.74, 6) is 0. The quantitative estimate of drug-likeness (QED) is 0.628. The Morgan fingerprint density at radius 1 is 1.40 bits per heavy atom. The van der Waals surface area contributed by atoms with Gasteiger partial charge < -0.3 is 18.9 Å². The smallest absolute Gasteiger partial charge is 0.149 e. The molecule has 2 bridgehead atoms. The van der Waals surface area contributed by atoms with Crippen LogP contribution in [0.5, 0.6) is 0 Å². The number of fused-ring (bicyclic) bond motifs is 2. The van der Waals surface area contributed by atoms with Gasteiger partial charge in [-0.1, -0.05) is 6.82 Å². The molecule has 1 radical (unpaired) electrons. The number of methoxy groups -OCH3 is 2. The van der Waals surface area contributed by atoms with E-state index < -0.39 is 5.60 Å². The molecule has 5 atom stereocenters. The van der Waals surface area contributed by atoms with Gasteiger partial charge >= 0.3 is 0 Å². The zero-order valence-electron chi connectivity index (χ0n) is 9.73. The van der Waals surface area contributed by atoms with Crippen LogP contribution in [0.1, 0.15) is 6.92 Å². The lowest BCUT2D eigenvalue weighted by molar-refractivity contribution is -0.179. The van der Waals surface area contributed by atoms with Gasteiger partial charge in [0.1, 0.15) is 25.1 Å². The average Bonchev–Trinajstić information content (AvgIpc) is 2.66. The fourth-order valence-corrected chi connectivity index (χ4v) is 2.72. The van der Waals surface area contributed by atoms with Gasteiger partial charge in [-0.3, -0.25) is 0 Å². The van der Waals surface area contributed by atoms with Crippen molar-refractivity contribution in [3.05, 3.63) is 0 Å². The molecule has 0 aromatic heterocycles. The third-order valence-corrected chi connectivity index (χ3v) is 3.46. The van der Waals surface area contributed by atoms with Gasteiger partial charge in [-0.25, -0.2) is 0 Å². The van der Waals surface area contributed by atoms with E-state index in [4.69, 9.17) is 18.9 Å². The Labute approximate surface area is 91.5 Å². The molecule has 15 heavy (non-hydrogen) atoms. The van der Waals surface area contributed by atoms with E-state index in [1.807, 2.05) is 21.0 Å². The van der Waals surface area contributed by atoms with Crippen LogP contribution in [0.2, 0.25) is 6.82 Å². The first-order chi connectivity index (χ1) is 7.19. The standard InChI is InChI=1S/C10H18BO4/c1-6-10(5-12-3)8(13-4)7(14-6)9(11-2)15-10/h6-9H,5H2,1-4H3/t6?,7?,8-,9?,10?/m1/s1. The monoisotopic (exact) mass is 213 g/mol. The Kier molecular flexibility index (Phi) is 3.08. The van der Waals surface area contributed by atoms with E-state index in [-0.39, 0.29) is 24.3 Å². The van der Waals surface area contributed by atoms with Crippen LogP contribution in [0.25, 0.3) is 0 Å². The Balaban J connectivity index is 2.24. The zero-order chi connectivity index (χ0) is 11.1. The van der Waals surface area contributed by atoms with Gasteiger partial charge in [0.15, 0.2) is 0 Å². The van der Waals surface area contributed by atoms with Crippen LogP contribution in [0.4, 0.5) is 0 Å². The second kappa shape index (κ2) is 4.05. The molecule has 0 N–H and O–H groups in total. The van der Waals surface area contributed by atoms with Crippen molar-refractivity contribution in [2.24, 2.45) is 0 Å². The summed E-state index contributed by atoms with van der Waals surface area (Å²) in [6.07, 6.45) is -0.0117. The topological polar surface area (TPSA) is 36.9 Å². The van der Waals surface area contributed by atoms with Crippen LogP contribution < -0.4 is 0 Å². The van der Waals surface area contributed by atoms with Crippen molar-refractivity contribution in [2.45, 2.75) is 43.7 Å². The summed E-state index contributed by atoms with van der Waals surface area (Å²) >= 11 is 0. The molecule has 4 unspecified atom stereocenters. The highest BCUT2D eigenvalue weighted by molar-refractivity contribution is 6.35. The van der Waals surface area contributed by atoms with Gasteiger partial charge in [0.05, 0.1) is 18.7 Å². The molecule has 2 aliphatic rings. The van der Waals surface area contributed by atoms with E-state index in [2.05, 4.69) is 0 Å². The second-order valence-electron chi connectivity index (χ2n) is 4.20. The first-order valence-electron chi connectivity index (χ1n) is 5.34. The SMILES string of the molecule is C[B]C1OC2(COC)C(C)OC1[C@H]2OC. The van der Waals surface area contributed by atoms with E-state index in [0.29, 0.717) is 6.61 Å². The van der Waals surface area contributed by atoms with E-state index in [1.54, 1.807) is 14.2 Å². The summed E-state index contributed by atoms with van der Waals surface area (Å²) in [7, 11) is 5.39. The van der Waals surface area contributed by atoms with Crippen molar-refractivity contribution in [3.63, 3.8) is 0 Å². The fourth-order valence-electron chi connectivity index (χ4n) is 2.72. The van der Waals surface area contributed by atoms with Crippen molar-refractivity contribution in [2.75, 3.05) is 20.8 Å². The molecular weight excluding hydrogens is 195 g/mol. The van der Waals surface area contributed by atoms with Crippen molar-refractivity contribution in [1.82, 2.24) is 0 Å². The van der Waals surface area contributed by atoms with Crippen LogP contribution in [0.3, 0.4) is 0 Å². The lowest BCUT2D eigenvalue weighted by Gasteiger charge is -2.35. The van der Waals surface area contributed by atoms with Gasteiger partial charge in [-0.15, -0.1) is 0 Å². The van der Waals surface area contributed by atoms with Gasteiger partial charge in [-0.2, -0.15) is 0 Å². The maximum atomic E-state index is 6.02. The fraction of sp³-hybridized carbons (Fsp3) is 1.00. The summed E-state index contributed by atoms with van der Waals surface area (Å²) in [4.78, 5) is 0. The number of hydrogen-bond acceptors (Lipinski definition) is 4. The summed E-state index contributed by atoms with van der Waals surface area (Å²) in [6.45, 7) is 4.50. The Morgan fingerprint density at radius 2 is 2.13 bits per heavy atom. The molecule has 2 heterocycles. The predicted octanol–water partition coefficient (Wildman–Crippen LogP) is 0.282. The highest BCUT2D eigenvalue weighted by atomic mass is 16.7. The Bertz CT molecular complexity index is 237. The third-order valence-electron chi connectivity index (χ3n) is 3.46. The number of hydrogen-bond donors (Lipinski definition) is 0. The minimum absolute atomic E-state index is 0.00477. The highest BCUT2D eigenvalue weighted by Crippen LogP contribution is 2.45. The van der Waals surface area contributed by atoms with E-state index >= 15 is 0 Å². The van der Waals surface area contributed by atoms with E-state index in [9.17, 15) is 0 Å².